The molecule has 5 nitrogen and oxygen atoms in total. The minimum absolute atomic E-state index is 0.170. The first-order valence-corrected chi connectivity index (χ1v) is 5.73. The fraction of sp³-hybridized carbons (Fsp3) is 0.600. The van der Waals surface area contributed by atoms with Gasteiger partial charge in [0.1, 0.15) is 5.82 Å². The summed E-state index contributed by atoms with van der Waals surface area (Å²) in [7, 11) is 0. The molecule has 0 saturated carbocycles. The van der Waals surface area contributed by atoms with Crippen molar-refractivity contribution in [3.05, 3.63) is 17.0 Å². The third kappa shape index (κ3) is 3.30. The topological polar surface area (TPSA) is 73.1 Å². The van der Waals surface area contributed by atoms with E-state index in [0.717, 1.165) is 31.6 Å². The van der Waals surface area contributed by atoms with Gasteiger partial charge in [0.2, 0.25) is 5.28 Å². The first-order chi connectivity index (χ1) is 7.74. The average Bonchev–Trinajstić information content (AvgIpc) is 2.27. The monoisotopic (exact) mass is 242 g/mol. The van der Waals surface area contributed by atoms with Crippen molar-refractivity contribution in [1.29, 1.82) is 0 Å². The summed E-state index contributed by atoms with van der Waals surface area (Å²) in [6.45, 7) is 2.46. The SMILES string of the molecule is Nc1cc(COC2CCNCC2)nc(Cl)n1. The smallest absolute Gasteiger partial charge is 0.224 e. The van der Waals surface area contributed by atoms with Gasteiger partial charge < -0.3 is 15.8 Å². The highest BCUT2D eigenvalue weighted by Crippen LogP contribution is 2.12. The Hall–Kier alpha value is -0.910. The highest BCUT2D eigenvalue weighted by Gasteiger charge is 2.13. The fourth-order valence-electron chi connectivity index (χ4n) is 1.72. The van der Waals surface area contributed by atoms with E-state index in [1.165, 1.54) is 0 Å². The van der Waals surface area contributed by atoms with Gasteiger partial charge in [-0.15, -0.1) is 0 Å². The Morgan fingerprint density at radius 3 is 2.88 bits per heavy atom. The van der Waals surface area contributed by atoms with E-state index in [0.29, 0.717) is 18.5 Å². The van der Waals surface area contributed by atoms with Crippen LogP contribution in [0.5, 0.6) is 0 Å². The zero-order chi connectivity index (χ0) is 11.4. The molecule has 88 valence electrons. The molecule has 1 aliphatic heterocycles. The Morgan fingerprint density at radius 1 is 1.44 bits per heavy atom. The van der Waals surface area contributed by atoms with Crippen LogP contribution in [0, 0.1) is 0 Å². The van der Waals surface area contributed by atoms with Crippen molar-refractivity contribution < 1.29 is 4.74 Å². The second kappa shape index (κ2) is 5.43. The fourth-order valence-corrected chi connectivity index (χ4v) is 1.93. The number of nitrogen functional groups attached to an aromatic ring is 1. The van der Waals surface area contributed by atoms with Gasteiger partial charge in [-0.2, -0.15) is 0 Å². The van der Waals surface area contributed by atoms with Crippen molar-refractivity contribution in [2.24, 2.45) is 0 Å². The van der Waals surface area contributed by atoms with Gasteiger partial charge in [-0.05, 0) is 37.5 Å². The summed E-state index contributed by atoms with van der Waals surface area (Å²) < 4.78 is 5.73. The van der Waals surface area contributed by atoms with Gasteiger partial charge >= 0.3 is 0 Å². The minimum Gasteiger partial charge on any atom is -0.384 e. The standard InChI is InChI=1S/C10H15ClN4O/c11-10-14-7(5-9(12)15-10)6-16-8-1-3-13-4-2-8/h5,8,13H,1-4,6H2,(H2,12,14,15). The number of hydrogen-bond acceptors (Lipinski definition) is 5. The molecule has 6 heteroatoms. The second-order valence-electron chi connectivity index (χ2n) is 3.81. The van der Waals surface area contributed by atoms with Gasteiger partial charge in [-0.3, -0.25) is 0 Å². The number of nitrogens with one attached hydrogen (secondary N) is 1. The molecule has 1 aromatic rings. The normalized spacial score (nSPS) is 17.6. The molecule has 1 fully saturated rings. The van der Waals surface area contributed by atoms with Gasteiger partial charge in [-0.25, -0.2) is 9.97 Å². The quantitative estimate of drug-likeness (QED) is 0.773. The molecule has 2 rings (SSSR count). The van der Waals surface area contributed by atoms with Crippen LogP contribution in [-0.2, 0) is 11.3 Å². The Bertz CT molecular complexity index is 334. The van der Waals surface area contributed by atoms with Crippen LogP contribution >= 0.6 is 11.6 Å². The van der Waals surface area contributed by atoms with E-state index in [9.17, 15) is 0 Å². The Kier molecular flexibility index (Phi) is 3.93. The number of anilines is 1. The molecule has 2 heterocycles. The summed E-state index contributed by atoms with van der Waals surface area (Å²) in [5, 5.41) is 3.45. The van der Waals surface area contributed by atoms with Crippen LogP contribution < -0.4 is 11.1 Å². The van der Waals surface area contributed by atoms with Crippen molar-refractivity contribution in [2.75, 3.05) is 18.8 Å². The van der Waals surface area contributed by atoms with E-state index in [2.05, 4.69) is 15.3 Å². The van der Waals surface area contributed by atoms with E-state index >= 15 is 0 Å². The summed E-state index contributed by atoms with van der Waals surface area (Å²) >= 11 is 5.70. The lowest BCUT2D eigenvalue weighted by molar-refractivity contribution is 0.0196. The van der Waals surface area contributed by atoms with Crippen LogP contribution in [0.2, 0.25) is 5.28 Å². The largest absolute Gasteiger partial charge is 0.384 e. The van der Waals surface area contributed by atoms with Crippen LogP contribution in [0.4, 0.5) is 5.82 Å². The van der Waals surface area contributed by atoms with Crippen molar-refractivity contribution in [3.63, 3.8) is 0 Å². The van der Waals surface area contributed by atoms with Gasteiger partial charge in [0.05, 0.1) is 18.4 Å². The van der Waals surface area contributed by atoms with Crippen LogP contribution in [0.3, 0.4) is 0 Å². The maximum atomic E-state index is 5.73. The molecule has 16 heavy (non-hydrogen) atoms. The number of nitrogens with two attached hydrogens (primary N) is 1. The molecule has 0 unspecified atom stereocenters. The highest BCUT2D eigenvalue weighted by molar-refractivity contribution is 6.28. The Morgan fingerprint density at radius 2 is 2.19 bits per heavy atom. The maximum absolute atomic E-state index is 5.73. The lowest BCUT2D eigenvalue weighted by atomic mass is 10.1. The molecule has 0 aliphatic carbocycles. The molecule has 0 amide bonds. The zero-order valence-corrected chi connectivity index (χ0v) is 9.70. The summed E-state index contributed by atoms with van der Waals surface area (Å²) in [6.07, 6.45) is 2.37. The second-order valence-corrected chi connectivity index (χ2v) is 4.15. The molecule has 0 atom stereocenters. The highest BCUT2D eigenvalue weighted by atomic mass is 35.5. The van der Waals surface area contributed by atoms with Gasteiger partial charge in [0.25, 0.3) is 0 Å². The average molecular weight is 243 g/mol. The van der Waals surface area contributed by atoms with Crippen LogP contribution in [-0.4, -0.2) is 29.2 Å². The molecule has 1 aliphatic rings. The predicted octanol–water partition coefficient (Wildman–Crippen LogP) is 0.981. The first kappa shape index (κ1) is 11.6. The lowest BCUT2D eigenvalue weighted by Crippen LogP contribution is -2.32. The van der Waals surface area contributed by atoms with Gasteiger partial charge in [0, 0.05) is 6.07 Å². The van der Waals surface area contributed by atoms with Crippen LogP contribution in [0.25, 0.3) is 0 Å². The molecule has 3 N–H and O–H groups in total. The molecule has 0 bridgehead atoms. The minimum atomic E-state index is 0.170. The Labute approximate surface area is 99.4 Å². The number of ether oxygens (including phenoxy) is 1. The van der Waals surface area contributed by atoms with Crippen LogP contribution in [0.1, 0.15) is 18.5 Å². The number of piperidine rings is 1. The van der Waals surface area contributed by atoms with Crippen LogP contribution in [0.15, 0.2) is 6.07 Å². The van der Waals surface area contributed by atoms with E-state index < -0.39 is 0 Å². The van der Waals surface area contributed by atoms with Crippen molar-refractivity contribution in [1.82, 2.24) is 15.3 Å². The first-order valence-electron chi connectivity index (χ1n) is 5.35. The van der Waals surface area contributed by atoms with E-state index in [1.807, 2.05) is 0 Å². The molecule has 0 spiro atoms. The molecule has 1 aromatic heterocycles. The van der Waals surface area contributed by atoms with Gasteiger partial charge in [-0.1, -0.05) is 0 Å². The van der Waals surface area contributed by atoms with E-state index in [1.54, 1.807) is 6.07 Å². The summed E-state index contributed by atoms with van der Waals surface area (Å²) in [6, 6.07) is 1.69. The molecule has 0 radical (unpaired) electrons. The summed E-state index contributed by atoms with van der Waals surface area (Å²) in [5.41, 5.74) is 6.30. The lowest BCUT2D eigenvalue weighted by Gasteiger charge is -2.22. The predicted molar refractivity (Wildman–Crippen MR) is 62.1 cm³/mol. The molecular weight excluding hydrogens is 228 g/mol. The third-order valence-electron chi connectivity index (χ3n) is 2.52. The maximum Gasteiger partial charge on any atom is 0.224 e. The third-order valence-corrected chi connectivity index (χ3v) is 2.69. The number of hydrogen-bond donors (Lipinski definition) is 2. The Balaban J connectivity index is 1.88. The number of halogens is 1. The molecule has 0 aromatic carbocycles. The van der Waals surface area contributed by atoms with Crippen molar-refractivity contribution in [2.45, 2.75) is 25.6 Å². The zero-order valence-electron chi connectivity index (χ0n) is 8.95. The van der Waals surface area contributed by atoms with Gasteiger partial charge in [0.15, 0.2) is 0 Å². The number of rotatable bonds is 3. The number of aromatic nitrogens is 2. The summed E-state index contributed by atoms with van der Waals surface area (Å²) in [5.74, 6) is 0.379. The summed E-state index contributed by atoms with van der Waals surface area (Å²) in [4.78, 5) is 7.85. The molecule has 1 saturated heterocycles. The van der Waals surface area contributed by atoms with Crippen molar-refractivity contribution in [3.8, 4) is 0 Å². The van der Waals surface area contributed by atoms with Crippen molar-refractivity contribution >= 4 is 17.4 Å². The number of nitrogens with zero attached hydrogens (tertiary/aromatic N) is 2. The van der Waals surface area contributed by atoms with E-state index in [-0.39, 0.29) is 5.28 Å². The van der Waals surface area contributed by atoms with E-state index in [4.69, 9.17) is 22.1 Å². The molecular formula is C10H15ClN4O.